The summed E-state index contributed by atoms with van der Waals surface area (Å²) in [5.74, 6) is -1.26. The molecule has 20 heavy (non-hydrogen) atoms. The lowest BCUT2D eigenvalue weighted by Crippen LogP contribution is -2.12. The van der Waals surface area contributed by atoms with Gasteiger partial charge in [0.05, 0.1) is 5.01 Å². The fourth-order valence-corrected chi connectivity index (χ4v) is 2.10. The van der Waals surface area contributed by atoms with Crippen LogP contribution < -0.4 is 5.32 Å². The minimum atomic E-state index is -0.999. The van der Waals surface area contributed by atoms with Crippen molar-refractivity contribution in [3.05, 3.63) is 52.0 Å². The van der Waals surface area contributed by atoms with E-state index >= 15 is 0 Å². The fraction of sp³-hybridized carbons (Fsp3) is 0.0714. The molecule has 0 aliphatic rings. The quantitative estimate of drug-likeness (QED) is 0.848. The lowest BCUT2D eigenvalue weighted by atomic mass is 10.2. The number of carbonyl (C=O) groups is 2. The third-order valence-electron chi connectivity index (χ3n) is 2.44. The second-order valence-electron chi connectivity index (χ2n) is 4.00. The van der Waals surface area contributed by atoms with Crippen LogP contribution in [0, 0.1) is 6.92 Å². The van der Waals surface area contributed by atoms with E-state index in [1.54, 1.807) is 29.6 Å². The van der Waals surface area contributed by atoms with Crippen LogP contribution in [0.5, 0.6) is 0 Å². The van der Waals surface area contributed by atoms with Crippen molar-refractivity contribution in [3.8, 4) is 0 Å². The van der Waals surface area contributed by atoms with Crippen molar-refractivity contribution in [3.63, 3.8) is 0 Å². The molecular weight excluding hydrogens is 276 g/mol. The van der Waals surface area contributed by atoms with Crippen LogP contribution in [0.25, 0.3) is 6.08 Å². The van der Waals surface area contributed by atoms with E-state index in [1.165, 1.54) is 17.4 Å². The van der Waals surface area contributed by atoms with Gasteiger partial charge in [0.1, 0.15) is 5.69 Å². The van der Waals surface area contributed by atoms with Crippen molar-refractivity contribution in [2.24, 2.45) is 0 Å². The van der Waals surface area contributed by atoms with Crippen molar-refractivity contribution in [2.45, 2.75) is 6.92 Å². The smallest absolute Gasteiger partial charge is 0.328 e. The molecule has 0 saturated heterocycles. The minimum Gasteiger partial charge on any atom is -0.478 e. The predicted molar refractivity (Wildman–Crippen MR) is 77.9 cm³/mol. The molecule has 2 N–H and O–H groups in total. The molecule has 0 fully saturated rings. The zero-order valence-electron chi connectivity index (χ0n) is 10.7. The standard InChI is InChI=1S/C14H12N2O3S/c1-9-15-12(8-20-9)14(19)16-11-5-2-10(3-6-11)4-7-13(17)18/h2-8H,1H3,(H,16,19)(H,17,18). The number of aliphatic carboxylic acids is 1. The number of hydrogen-bond donors (Lipinski definition) is 2. The van der Waals surface area contributed by atoms with E-state index in [4.69, 9.17) is 5.11 Å². The van der Waals surface area contributed by atoms with Gasteiger partial charge in [0.15, 0.2) is 0 Å². The largest absolute Gasteiger partial charge is 0.478 e. The van der Waals surface area contributed by atoms with Gasteiger partial charge in [-0.05, 0) is 30.7 Å². The van der Waals surface area contributed by atoms with Gasteiger partial charge in [0.2, 0.25) is 0 Å². The fourth-order valence-electron chi connectivity index (χ4n) is 1.51. The highest BCUT2D eigenvalue weighted by Crippen LogP contribution is 2.14. The second kappa shape index (κ2) is 6.12. The average molecular weight is 288 g/mol. The summed E-state index contributed by atoms with van der Waals surface area (Å²) in [5.41, 5.74) is 1.77. The van der Waals surface area contributed by atoms with E-state index in [0.29, 0.717) is 11.4 Å². The molecule has 1 aromatic carbocycles. The molecule has 102 valence electrons. The molecule has 0 radical (unpaired) electrons. The van der Waals surface area contributed by atoms with E-state index in [1.807, 2.05) is 6.92 Å². The molecule has 2 aromatic rings. The van der Waals surface area contributed by atoms with E-state index < -0.39 is 5.97 Å². The molecule has 1 heterocycles. The summed E-state index contributed by atoms with van der Waals surface area (Å²) >= 11 is 1.42. The van der Waals surface area contributed by atoms with Crippen molar-refractivity contribution in [2.75, 3.05) is 5.32 Å². The number of nitrogens with zero attached hydrogens (tertiary/aromatic N) is 1. The summed E-state index contributed by atoms with van der Waals surface area (Å²) in [7, 11) is 0. The molecule has 0 aliphatic heterocycles. The molecule has 0 atom stereocenters. The third kappa shape index (κ3) is 3.76. The van der Waals surface area contributed by atoms with Gasteiger partial charge < -0.3 is 10.4 Å². The second-order valence-corrected chi connectivity index (χ2v) is 5.06. The molecule has 0 aliphatic carbocycles. The lowest BCUT2D eigenvalue weighted by Gasteiger charge is -2.03. The molecule has 0 spiro atoms. The number of hydrogen-bond acceptors (Lipinski definition) is 4. The number of carboxylic acid groups (broad SMARTS) is 1. The number of amides is 1. The number of aryl methyl sites for hydroxylation is 1. The summed E-state index contributed by atoms with van der Waals surface area (Å²) in [6, 6.07) is 6.86. The maximum Gasteiger partial charge on any atom is 0.328 e. The SMILES string of the molecule is Cc1nc(C(=O)Nc2ccc(C=CC(=O)O)cc2)cs1. The average Bonchev–Trinajstić information content (AvgIpc) is 2.85. The number of anilines is 1. The van der Waals surface area contributed by atoms with Gasteiger partial charge in [0, 0.05) is 17.1 Å². The highest BCUT2D eigenvalue weighted by molar-refractivity contribution is 7.09. The van der Waals surface area contributed by atoms with Crippen LogP contribution in [0.2, 0.25) is 0 Å². The van der Waals surface area contributed by atoms with Gasteiger partial charge in [-0.15, -0.1) is 11.3 Å². The zero-order valence-corrected chi connectivity index (χ0v) is 11.5. The van der Waals surface area contributed by atoms with Crippen molar-refractivity contribution < 1.29 is 14.7 Å². The van der Waals surface area contributed by atoms with E-state index in [-0.39, 0.29) is 5.91 Å². The summed E-state index contributed by atoms with van der Waals surface area (Å²) in [6.45, 7) is 1.84. The first-order valence-corrected chi connectivity index (χ1v) is 6.67. The lowest BCUT2D eigenvalue weighted by molar-refractivity contribution is -0.131. The Morgan fingerprint density at radius 2 is 2.00 bits per heavy atom. The highest BCUT2D eigenvalue weighted by atomic mass is 32.1. The van der Waals surface area contributed by atoms with Crippen LogP contribution >= 0.6 is 11.3 Å². The van der Waals surface area contributed by atoms with Crippen LogP contribution in [-0.2, 0) is 4.79 Å². The van der Waals surface area contributed by atoms with Crippen LogP contribution in [0.1, 0.15) is 21.1 Å². The number of nitrogens with one attached hydrogen (secondary N) is 1. The van der Waals surface area contributed by atoms with Crippen LogP contribution in [0.4, 0.5) is 5.69 Å². The molecule has 1 aromatic heterocycles. The Kier molecular flexibility index (Phi) is 4.27. The molecule has 0 unspecified atom stereocenters. The van der Waals surface area contributed by atoms with Gasteiger partial charge in [0.25, 0.3) is 5.91 Å². The Hall–Kier alpha value is -2.47. The first kappa shape index (κ1) is 14.0. The normalized spacial score (nSPS) is 10.7. The zero-order chi connectivity index (χ0) is 14.5. The first-order valence-electron chi connectivity index (χ1n) is 5.79. The topological polar surface area (TPSA) is 79.3 Å². The van der Waals surface area contributed by atoms with Crippen LogP contribution in [0.15, 0.2) is 35.7 Å². The number of carbonyl (C=O) groups excluding carboxylic acids is 1. The molecule has 5 nitrogen and oxygen atoms in total. The van der Waals surface area contributed by atoms with Crippen LogP contribution in [0.3, 0.4) is 0 Å². The van der Waals surface area contributed by atoms with Crippen LogP contribution in [-0.4, -0.2) is 22.0 Å². The van der Waals surface area contributed by atoms with Gasteiger partial charge >= 0.3 is 5.97 Å². The maximum absolute atomic E-state index is 11.9. The maximum atomic E-state index is 11.9. The minimum absolute atomic E-state index is 0.261. The van der Waals surface area contributed by atoms with Gasteiger partial charge in [-0.2, -0.15) is 0 Å². The first-order chi connectivity index (χ1) is 9.54. The molecular formula is C14H12N2O3S. The van der Waals surface area contributed by atoms with E-state index in [9.17, 15) is 9.59 Å². The predicted octanol–water partition coefficient (Wildman–Crippen LogP) is 2.80. The van der Waals surface area contributed by atoms with E-state index in [2.05, 4.69) is 10.3 Å². The Bertz CT molecular complexity index is 659. The molecule has 0 bridgehead atoms. The molecule has 0 saturated carbocycles. The molecule has 2 rings (SSSR count). The Morgan fingerprint density at radius 3 is 2.55 bits per heavy atom. The van der Waals surface area contributed by atoms with Crippen molar-refractivity contribution >= 4 is 35.0 Å². The number of benzene rings is 1. The summed E-state index contributed by atoms with van der Waals surface area (Å²) in [6.07, 6.45) is 2.55. The van der Waals surface area contributed by atoms with Crippen molar-refractivity contribution in [1.82, 2.24) is 4.98 Å². The summed E-state index contributed by atoms with van der Waals surface area (Å²) < 4.78 is 0. The summed E-state index contributed by atoms with van der Waals surface area (Å²) in [4.78, 5) is 26.4. The summed E-state index contributed by atoms with van der Waals surface area (Å²) in [5, 5.41) is 13.8. The van der Waals surface area contributed by atoms with E-state index in [0.717, 1.165) is 16.6 Å². The van der Waals surface area contributed by atoms with Crippen molar-refractivity contribution in [1.29, 1.82) is 0 Å². The molecule has 6 heteroatoms. The number of rotatable bonds is 4. The Morgan fingerprint density at radius 1 is 1.30 bits per heavy atom. The third-order valence-corrected chi connectivity index (χ3v) is 3.21. The molecule has 1 amide bonds. The van der Waals surface area contributed by atoms with Gasteiger partial charge in [-0.25, -0.2) is 9.78 Å². The monoisotopic (exact) mass is 288 g/mol. The number of aromatic nitrogens is 1. The highest BCUT2D eigenvalue weighted by Gasteiger charge is 2.09. The Balaban J connectivity index is 2.03. The number of thiazole rings is 1. The van der Waals surface area contributed by atoms with Gasteiger partial charge in [-0.1, -0.05) is 12.1 Å². The van der Waals surface area contributed by atoms with Gasteiger partial charge in [-0.3, -0.25) is 4.79 Å². The number of carboxylic acids is 1. The Labute approximate surface area is 119 Å².